The molecule has 19 heavy (non-hydrogen) atoms. The maximum absolute atomic E-state index is 9.26. The molecule has 0 unspecified atom stereocenters. The first-order valence-electron chi connectivity index (χ1n) is 6.70. The number of aromatic amines is 1. The summed E-state index contributed by atoms with van der Waals surface area (Å²) in [6.07, 6.45) is 3.18. The first kappa shape index (κ1) is 12.1. The van der Waals surface area contributed by atoms with E-state index in [1.165, 1.54) is 0 Å². The van der Waals surface area contributed by atoms with Gasteiger partial charge in [-0.15, -0.1) is 0 Å². The molecule has 0 spiro atoms. The predicted molar refractivity (Wildman–Crippen MR) is 75.9 cm³/mol. The second kappa shape index (κ2) is 4.97. The van der Waals surface area contributed by atoms with E-state index in [1.807, 2.05) is 24.3 Å². The van der Waals surface area contributed by atoms with Crippen LogP contribution in [0, 0.1) is 0 Å². The monoisotopic (exact) mass is 255 g/mol. The van der Waals surface area contributed by atoms with Gasteiger partial charge in [0, 0.05) is 5.39 Å². The van der Waals surface area contributed by atoms with Crippen molar-refractivity contribution in [3.63, 3.8) is 0 Å². The van der Waals surface area contributed by atoms with Crippen LogP contribution in [-0.4, -0.2) is 20.1 Å². The van der Waals surface area contributed by atoms with Gasteiger partial charge in [0.15, 0.2) is 0 Å². The Hall–Kier alpha value is -1.94. The van der Waals surface area contributed by atoms with Crippen molar-refractivity contribution in [2.45, 2.75) is 32.8 Å². The summed E-state index contributed by atoms with van der Waals surface area (Å²) in [5.41, 5.74) is 3.90. The average Bonchev–Trinajstić information content (AvgIpc) is 2.89. The van der Waals surface area contributed by atoms with Gasteiger partial charge in [0.1, 0.15) is 12.4 Å². The quantitative estimate of drug-likeness (QED) is 0.753. The van der Waals surface area contributed by atoms with Crippen molar-refractivity contribution in [2.75, 3.05) is 0 Å². The summed E-state index contributed by atoms with van der Waals surface area (Å²) in [5.74, 6) is 0.603. The SMILES string of the molecule is CCCCc1nc2ccccc2c2nc(CO)[nH]c12. The van der Waals surface area contributed by atoms with Crippen LogP contribution in [-0.2, 0) is 13.0 Å². The van der Waals surface area contributed by atoms with Crippen LogP contribution in [0.4, 0.5) is 0 Å². The predicted octanol–water partition coefficient (Wildman–Crippen LogP) is 2.95. The zero-order chi connectivity index (χ0) is 13.2. The number of hydrogen-bond acceptors (Lipinski definition) is 3. The maximum Gasteiger partial charge on any atom is 0.133 e. The number of aliphatic hydroxyl groups is 1. The molecule has 0 aliphatic rings. The van der Waals surface area contributed by atoms with Crippen molar-refractivity contribution in [3.05, 3.63) is 35.8 Å². The lowest BCUT2D eigenvalue weighted by molar-refractivity contribution is 0.273. The molecule has 0 aliphatic heterocycles. The number of pyridine rings is 1. The summed E-state index contributed by atoms with van der Waals surface area (Å²) in [5, 5.41) is 10.3. The van der Waals surface area contributed by atoms with Crippen molar-refractivity contribution < 1.29 is 5.11 Å². The van der Waals surface area contributed by atoms with Crippen LogP contribution < -0.4 is 0 Å². The standard InChI is InChI=1S/C15H17N3O/c1-2-3-7-12-15-14(17-13(9-19)18-15)10-6-4-5-8-11(10)16-12/h4-6,8,19H,2-3,7,9H2,1H3,(H,17,18). The minimum Gasteiger partial charge on any atom is -0.388 e. The van der Waals surface area contributed by atoms with E-state index in [4.69, 9.17) is 4.98 Å². The van der Waals surface area contributed by atoms with Crippen LogP contribution in [0.3, 0.4) is 0 Å². The van der Waals surface area contributed by atoms with Gasteiger partial charge in [-0.05, 0) is 18.9 Å². The van der Waals surface area contributed by atoms with E-state index < -0.39 is 0 Å². The molecule has 0 bridgehead atoms. The lowest BCUT2D eigenvalue weighted by atomic mass is 10.1. The fourth-order valence-corrected chi connectivity index (χ4v) is 2.40. The summed E-state index contributed by atoms with van der Waals surface area (Å²) in [6.45, 7) is 2.10. The largest absolute Gasteiger partial charge is 0.388 e. The smallest absolute Gasteiger partial charge is 0.133 e. The molecule has 4 heteroatoms. The average molecular weight is 255 g/mol. The molecule has 2 heterocycles. The molecule has 1 aromatic carbocycles. The molecule has 0 saturated heterocycles. The minimum absolute atomic E-state index is 0.0732. The van der Waals surface area contributed by atoms with E-state index >= 15 is 0 Å². The zero-order valence-corrected chi connectivity index (χ0v) is 11.0. The van der Waals surface area contributed by atoms with Crippen LogP contribution in [0.15, 0.2) is 24.3 Å². The van der Waals surface area contributed by atoms with Crippen molar-refractivity contribution in [3.8, 4) is 0 Å². The highest BCUT2D eigenvalue weighted by Gasteiger charge is 2.12. The highest BCUT2D eigenvalue weighted by Crippen LogP contribution is 2.25. The van der Waals surface area contributed by atoms with Crippen molar-refractivity contribution in [1.29, 1.82) is 0 Å². The maximum atomic E-state index is 9.26. The molecule has 4 nitrogen and oxygen atoms in total. The third-order valence-corrected chi connectivity index (χ3v) is 3.37. The summed E-state index contributed by atoms with van der Waals surface area (Å²) < 4.78 is 0. The number of nitrogens with zero attached hydrogens (tertiary/aromatic N) is 2. The molecule has 3 rings (SSSR count). The second-order valence-corrected chi connectivity index (χ2v) is 4.74. The molecule has 0 fully saturated rings. The number of aliphatic hydroxyl groups excluding tert-OH is 1. The summed E-state index contributed by atoms with van der Waals surface area (Å²) in [7, 11) is 0. The number of hydrogen-bond donors (Lipinski definition) is 2. The first-order valence-corrected chi connectivity index (χ1v) is 6.70. The van der Waals surface area contributed by atoms with Gasteiger partial charge in [0.05, 0.1) is 22.2 Å². The molecule has 0 aliphatic carbocycles. The third-order valence-electron chi connectivity index (χ3n) is 3.37. The minimum atomic E-state index is -0.0732. The van der Waals surface area contributed by atoms with Gasteiger partial charge in [-0.2, -0.15) is 0 Å². The van der Waals surface area contributed by atoms with E-state index in [2.05, 4.69) is 16.9 Å². The molecule has 0 saturated carbocycles. The Kier molecular flexibility index (Phi) is 3.17. The fraction of sp³-hybridized carbons (Fsp3) is 0.333. The van der Waals surface area contributed by atoms with Gasteiger partial charge in [0.25, 0.3) is 0 Å². The van der Waals surface area contributed by atoms with E-state index in [0.29, 0.717) is 5.82 Å². The number of benzene rings is 1. The number of nitrogens with one attached hydrogen (secondary N) is 1. The summed E-state index contributed by atoms with van der Waals surface area (Å²) in [6, 6.07) is 8.01. The zero-order valence-electron chi connectivity index (χ0n) is 11.0. The lowest BCUT2D eigenvalue weighted by Crippen LogP contribution is -1.94. The van der Waals surface area contributed by atoms with Gasteiger partial charge < -0.3 is 10.1 Å². The molecule has 2 aromatic heterocycles. The number of rotatable bonds is 4. The first-order chi connectivity index (χ1) is 9.33. The molecule has 0 atom stereocenters. The van der Waals surface area contributed by atoms with Crippen LogP contribution in [0.25, 0.3) is 21.9 Å². The molecular weight excluding hydrogens is 238 g/mol. The van der Waals surface area contributed by atoms with E-state index in [-0.39, 0.29) is 6.61 Å². The molecule has 98 valence electrons. The fourth-order valence-electron chi connectivity index (χ4n) is 2.40. The van der Waals surface area contributed by atoms with Crippen molar-refractivity contribution >= 4 is 21.9 Å². The number of H-pyrrole nitrogens is 1. The molecule has 2 N–H and O–H groups in total. The number of fused-ring (bicyclic) bond motifs is 3. The normalized spacial score (nSPS) is 11.5. The van der Waals surface area contributed by atoms with Gasteiger partial charge in [0.2, 0.25) is 0 Å². The molecular formula is C15H17N3O. The highest BCUT2D eigenvalue weighted by molar-refractivity contribution is 6.03. The van der Waals surface area contributed by atoms with Gasteiger partial charge >= 0.3 is 0 Å². The molecule has 3 aromatic rings. The van der Waals surface area contributed by atoms with E-state index in [1.54, 1.807) is 0 Å². The topological polar surface area (TPSA) is 61.8 Å². The number of imidazole rings is 1. The Morgan fingerprint density at radius 1 is 1.21 bits per heavy atom. The van der Waals surface area contributed by atoms with Crippen LogP contribution in [0.1, 0.15) is 31.3 Å². The second-order valence-electron chi connectivity index (χ2n) is 4.74. The van der Waals surface area contributed by atoms with Gasteiger partial charge in [-0.1, -0.05) is 31.5 Å². The number of para-hydroxylation sites is 1. The van der Waals surface area contributed by atoms with E-state index in [9.17, 15) is 5.11 Å². The molecule has 0 radical (unpaired) electrons. The van der Waals surface area contributed by atoms with Gasteiger partial charge in [-0.25, -0.2) is 4.98 Å². The Morgan fingerprint density at radius 3 is 2.84 bits per heavy atom. The van der Waals surface area contributed by atoms with Crippen LogP contribution in [0.2, 0.25) is 0 Å². The highest BCUT2D eigenvalue weighted by atomic mass is 16.3. The molecule has 0 amide bonds. The van der Waals surface area contributed by atoms with Crippen molar-refractivity contribution in [2.24, 2.45) is 0 Å². The van der Waals surface area contributed by atoms with E-state index in [0.717, 1.165) is 46.9 Å². The Bertz CT molecular complexity index is 718. The van der Waals surface area contributed by atoms with Crippen LogP contribution in [0.5, 0.6) is 0 Å². The van der Waals surface area contributed by atoms with Gasteiger partial charge in [-0.3, -0.25) is 4.98 Å². The summed E-state index contributed by atoms with van der Waals surface area (Å²) >= 11 is 0. The number of aromatic nitrogens is 3. The third kappa shape index (κ3) is 2.08. The Balaban J connectivity index is 2.29. The Labute approximate surface area is 111 Å². The number of aryl methyl sites for hydroxylation is 1. The Morgan fingerprint density at radius 2 is 2.05 bits per heavy atom. The summed E-state index contributed by atoms with van der Waals surface area (Å²) in [4.78, 5) is 12.4. The van der Waals surface area contributed by atoms with Crippen molar-refractivity contribution in [1.82, 2.24) is 15.0 Å². The number of unbranched alkanes of at least 4 members (excludes halogenated alkanes) is 1. The van der Waals surface area contributed by atoms with Crippen LogP contribution >= 0.6 is 0 Å². The lowest BCUT2D eigenvalue weighted by Gasteiger charge is -2.04.